The summed E-state index contributed by atoms with van der Waals surface area (Å²) < 4.78 is 14.4. The van der Waals surface area contributed by atoms with E-state index in [2.05, 4.69) is 21.0 Å². The maximum absolute atomic E-state index is 12.8. The van der Waals surface area contributed by atoms with Gasteiger partial charge >= 0.3 is 0 Å². The summed E-state index contributed by atoms with van der Waals surface area (Å²) >= 11 is 5.32. The first-order valence-corrected chi connectivity index (χ1v) is 4.90. The second kappa shape index (κ2) is 4.18. The zero-order valence-corrected chi connectivity index (χ0v) is 9.63. The van der Waals surface area contributed by atoms with Gasteiger partial charge in [-0.1, -0.05) is 0 Å². The quantitative estimate of drug-likeness (QED) is 0.275. The average molecular weight is 343 g/mol. The first-order chi connectivity index (χ1) is 5.65. The van der Waals surface area contributed by atoms with Gasteiger partial charge in [-0.05, 0) is 50.7 Å². The highest BCUT2D eigenvalue weighted by molar-refractivity contribution is 14.1. The average Bonchev–Trinajstić information content (AvgIpc) is 2.00. The molecule has 0 amide bonds. The molecule has 0 aromatic heterocycles. The fraction of sp³-hybridized carbons (Fsp3) is 0. The Bertz CT molecular complexity index is 327. The summed E-state index contributed by atoms with van der Waals surface area (Å²) in [6.07, 6.45) is 1.40. The molecule has 0 aliphatic carbocycles. The van der Waals surface area contributed by atoms with Crippen LogP contribution in [0.2, 0.25) is 0 Å². The summed E-state index contributed by atoms with van der Waals surface area (Å²) in [7, 11) is 0. The Morgan fingerprint density at radius 3 is 2.83 bits per heavy atom. The molecule has 12 heavy (non-hydrogen) atoms. The molecule has 0 saturated carbocycles. The Morgan fingerprint density at radius 1 is 1.58 bits per heavy atom. The van der Waals surface area contributed by atoms with Gasteiger partial charge in [-0.25, -0.2) is 4.39 Å². The fourth-order valence-corrected chi connectivity index (χ4v) is 1.69. The van der Waals surface area contributed by atoms with E-state index in [1.165, 1.54) is 18.3 Å². The number of benzene rings is 1. The molecule has 1 aromatic carbocycles. The van der Waals surface area contributed by atoms with Crippen molar-refractivity contribution in [1.82, 2.24) is 0 Å². The highest BCUT2D eigenvalue weighted by atomic mass is 127. The van der Waals surface area contributed by atoms with Crippen molar-refractivity contribution >= 4 is 44.7 Å². The molecule has 1 aromatic rings. The first kappa shape index (κ1) is 9.91. The first-order valence-electron chi connectivity index (χ1n) is 3.03. The van der Waals surface area contributed by atoms with Gasteiger partial charge in [0, 0.05) is 13.6 Å². The molecule has 0 heterocycles. The molecule has 1 rings (SSSR count). The van der Waals surface area contributed by atoms with E-state index in [1.54, 1.807) is 0 Å². The van der Waals surface area contributed by atoms with Crippen molar-refractivity contribution in [2.75, 3.05) is 0 Å². The number of hydrogen-bond donors (Lipinski definition) is 1. The zero-order chi connectivity index (χ0) is 9.14. The van der Waals surface area contributed by atoms with Gasteiger partial charge in [0.25, 0.3) is 0 Å². The van der Waals surface area contributed by atoms with Gasteiger partial charge in [-0.3, -0.25) is 0 Å². The molecule has 2 N–H and O–H groups in total. The van der Waals surface area contributed by atoms with Crippen LogP contribution in [0.25, 0.3) is 0 Å². The molecule has 0 unspecified atom stereocenters. The second-order valence-electron chi connectivity index (χ2n) is 2.07. The number of nitrogens with zero attached hydrogens (tertiary/aromatic N) is 1. The van der Waals surface area contributed by atoms with E-state index in [9.17, 15) is 4.39 Å². The summed E-state index contributed by atoms with van der Waals surface area (Å²) in [6.45, 7) is 0. The monoisotopic (exact) mass is 342 g/mol. The molecule has 0 bridgehead atoms. The lowest BCUT2D eigenvalue weighted by Gasteiger charge is -2.00. The third kappa shape index (κ3) is 2.16. The molecule has 0 aliphatic rings. The largest absolute Gasteiger partial charge is 0.323 e. The van der Waals surface area contributed by atoms with Crippen LogP contribution in [0.3, 0.4) is 0 Å². The topological polar surface area (TPSA) is 38.4 Å². The minimum atomic E-state index is -0.294. The summed E-state index contributed by atoms with van der Waals surface area (Å²) in [5, 5.41) is 3.32. The maximum atomic E-state index is 12.8. The van der Waals surface area contributed by atoms with E-state index < -0.39 is 0 Å². The number of nitrogens with two attached hydrogens (primary N) is 1. The van der Waals surface area contributed by atoms with E-state index in [1.807, 2.05) is 22.6 Å². The van der Waals surface area contributed by atoms with E-state index in [0.29, 0.717) is 5.56 Å². The molecular formula is C7H5BrFIN2. The molecule has 0 atom stereocenters. The van der Waals surface area contributed by atoms with Crippen LogP contribution in [-0.2, 0) is 0 Å². The molecule has 0 aliphatic heterocycles. The van der Waals surface area contributed by atoms with Gasteiger partial charge < -0.3 is 5.84 Å². The van der Waals surface area contributed by atoms with Crippen molar-refractivity contribution in [2.45, 2.75) is 0 Å². The molecule has 2 nitrogen and oxygen atoms in total. The third-order valence-corrected chi connectivity index (χ3v) is 3.71. The van der Waals surface area contributed by atoms with Gasteiger partial charge in [0.15, 0.2) is 0 Å². The lowest BCUT2D eigenvalue weighted by Crippen LogP contribution is -1.91. The van der Waals surface area contributed by atoms with Crippen molar-refractivity contribution < 1.29 is 4.39 Å². The van der Waals surface area contributed by atoms with E-state index >= 15 is 0 Å². The predicted octanol–water partition coefficient (Wildman–Crippen LogP) is 2.49. The van der Waals surface area contributed by atoms with Crippen molar-refractivity contribution in [1.29, 1.82) is 0 Å². The number of halogens is 3. The summed E-state index contributed by atoms with van der Waals surface area (Å²) in [5.74, 6) is 4.66. The van der Waals surface area contributed by atoms with Crippen LogP contribution in [0.1, 0.15) is 5.56 Å². The third-order valence-electron chi connectivity index (χ3n) is 1.23. The van der Waals surface area contributed by atoms with Crippen LogP contribution >= 0.6 is 38.5 Å². The van der Waals surface area contributed by atoms with Crippen LogP contribution in [0, 0.1) is 9.39 Å². The van der Waals surface area contributed by atoms with E-state index in [4.69, 9.17) is 5.84 Å². The molecule has 0 saturated heterocycles. The maximum Gasteiger partial charge on any atom is 0.124 e. The van der Waals surface area contributed by atoms with E-state index in [-0.39, 0.29) is 5.82 Å². The smallest absolute Gasteiger partial charge is 0.124 e. The number of hydrogen-bond acceptors (Lipinski definition) is 2. The number of hydrazone groups is 1. The second-order valence-corrected chi connectivity index (χ2v) is 4.02. The molecule has 0 radical (unpaired) electrons. The van der Waals surface area contributed by atoms with Gasteiger partial charge in [-0.2, -0.15) is 5.10 Å². The van der Waals surface area contributed by atoms with Crippen molar-refractivity contribution in [3.63, 3.8) is 0 Å². The Morgan fingerprint density at radius 2 is 2.25 bits per heavy atom. The molecule has 0 spiro atoms. The standard InChI is InChI=1S/C7H5BrFIN2/c8-7-4(3-12-11)1-5(9)2-6(7)10/h1-3H,11H2. The van der Waals surface area contributed by atoms with Crippen LogP contribution in [-0.4, -0.2) is 6.21 Å². The van der Waals surface area contributed by atoms with Gasteiger partial charge in [0.1, 0.15) is 5.82 Å². The van der Waals surface area contributed by atoms with Crippen LogP contribution < -0.4 is 5.84 Å². The molecular weight excluding hydrogens is 338 g/mol. The van der Waals surface area contributed by atoms with Gasteiger partial charge in [-0.15, -0.1) is 0 Å². The Labute approximate surface area is 91.3 Å². The Balaban J connectivity index is 3.27. The Hall–Kier alpha value is -0.170. The lowest BCUT2D eigenvalue weighted by molar-refractivity contribution is 0.626. The van der Waals surface area contributed by atoms with Gasteiger partial charge in [0.05, 0.1) is 6.21 Å². The van der Waals surface area contributed by atoms with Crippen molar-refractivity contribution in [3.05, 3.63) is 31.6 Å². The summed E-state index contributed by atoms with van der Waals surface area (Å²) in [4.78, 5) is 0. The summed E-state index contributed by atoms with van der Waals surface area (Å²) in [6, 6.07) is 2.79. The Kier molecular flexibility index (Phi) is 3.45. The molecule has 5 heteroatoms. The van der Waals surface area contributed by atoms with Gasteiger partial charge in [0.2, 0.25) is 0 Å². The van der Waals surface area contributed by atoms with Crippen LogP contribution in [0.15, 0.2) is 21.7 Å². The molecule has 64 valence electrons. The van der Waals surface area contributed by atoms with Crippen LogP contribution in [0.4, 0.5) is 4.39 Å². The van der Waals surface area contributed by atoms with E-state index in [0.717, 1.165) is 8.04 Å². The summed E-state index contributed by atoms with van der Waals surface area (Å²) in [5.41, 5.74) is 0.641. The molecule has 0 fully saturated rings. The minimum Gasteiger partial charge on any atom is -0.323 e. The lowest BCUT2D eigenvalue weighted by atomic mass is 10.2. The SMILES string of the molecule is NN=Cc1cc(F)cc(I)c1Br. The highest BCUT2D eigenvalue weighted by Gasteiger charge is 2.04. The van der Waals surface area contributed by atoms with Crippen molar-refractivity contribution in [2.24, 2.45) is 10.9 Å². The minimum absolute atomic E-state index is 0.294. The zero-order valence-electron chi connectivity index (χ0n) is 5.89. The highest BCUT2D eigenvalue weighted by Crippen LogP contribution is 2.23. The van der Waals surface area contributed by atoms with Crippen LogP contribution in [0.5, 0.6) is 0 Å². The predicted molar refractivity (Wildman–Crippen MR) is 58.6 cm³/mol. The van der Waals surface area contributed by atoms with Crippen molar-refractivity contribution in [3.8, 4) is 0 Å². The number of rotatable bonds is 1. The normalized spacial score (nSPS) is 10.9. The fourth-order valence-electron chi connectivity index (χ4n) is 0.750.